The van der Waals surface area contributed by atoms with Crippen molar-refractivity contribution < 1.29 is 27.8 Å². The highest BCUT2D eigenvalue weighted by molar-refractivity contribution is 7.89. The molecule has 3 aromatic rings. The molecule has 0 aliphatic heterocycles. The van der Waals surface area contributed by atoms with Gasteiger partial charge in [-0.1, -0.05) is 48.5 Å². The number of carbonyl (C=O) groups excluding carboxylic acids is 1. The number of hydrogen-bond acceptors (Lipinski definition) is 7. The number of amides is 1. The summed E-state index contributed by atoms with van der Waals surface area (Å²) >= 11 is 0. The van der Waals surface area contributed by atoms with E-state index < -0.39 is 22.0 Å². The number of ether oxygens (including phenoxy) is 2. The van der Waals surface area contributed by atoms with E-state index in [2.05, 4.69) is 5.32 Å². The van der Waals surface area contributed by atoms with Crippen molar-refractivity contribution in [1.29, 1.82) is 0 Å². The van der Waals surface area contributed by atoms with Gasteiger partial charge < -0.3 is 19.9 Å². The van der Waals surface area contributed by atoms with Gasteiger partial charge in [0.2, 0.25) is 10.0 Å². The minimum Gasteiger partial charge on any atom is -0.493 e. The van der Waals surface area contributed by atoms with Gasteiger partial charge in [0, 0.05) is 13.1 Å². The maximum absolute atomic E-state index is 12.3. The van der Waals surface area contributed by atoms with Crippen LogP contribution in [0.2, 0.25) is 0 Å². The first-order chi connectivity index (χ1) is 16.8. The number of rotatable bonds is 12. The molecule has 0 bridgehead atoms. The minimum absolute atomic E-state index is 0. The Labute approximate surface area is 218 Å². The molecule has 3 rings (SSSR count). The van der Waals surface area contributed by atoms with Gasteiger partial charge in [0.25, 0.3) is 5.91 Å². The van der Waals surface area contributed by atoms with Crippen LogP contribution in [0.1, 0.15) is 28.9 Å². The molecule has 10 heteroatoms. The van der Waals surface area contributed by atoms with Crippen LogP contribution in [-0.4, -0.2) is 52.0 Å². The van der Waals surface area contributed by atoms with Crippen LogP contribution in [0.15, 0.2) is 72.8 Å². The number of nitrogens with one attached hydrogen (secondary N) is 2. The van der Waals surface area contributed by atoms with Crippen molar-refractivity contribution in [3.05, 3.63) is 83.9 Å². The molecule has 1 atom stereocenters. The minimum atomic E-state index is -3.68. The Morgan fingerprint density at radius 3 is 2.28 bits per heavy atom. The zero-order valence-electron chi connectivity index (χ0n) is 20.1. The zero-order chi connectivity index (χ0) is 25.3. The van der Waals surface area contributed by atoms with Gasteiger partial charge in [-0.05, 0) is 47.9 Å². The smallest absolute Gasteiger partial charge is 0.268 e. The summed E-state index contributed by atoms with van der Waals surface area (Å²) in [6.45, 7) is 3.58. The Morgan fingerprint density at radius 2 is 1.64 bits per heavy atom. The lowest BCUT2D eigenvalue weighted by molar-refractivity contribution is 0.0978. The molecule has 36 heavy (non-hydrogen) atoms. The van der Waals surface area contributed by atoms with Crippen molar-refractivity contribution in [3.63, 3.8) is 0 Å². The summed E-state index contributed by atoms with van der Waals surface area (Å²) in [5, 5.41) is 13.3. The fraction of sp³-hybridized carbons (Fsp3) is 0.269. The molecular weight excluding hydrogens is 504 g/mol. The standard InChI is InChI=1S/C26H30N2O6S.ClH/c1-3-33-25-17-21(11-14-23(25)26(30)28-35(2,31)32)19-9-12-22(13-10-19)34-16-15-27-18-24(29)20-7-5-4-6-8-20;/h4-14,17,24,27,29H,3,15-16,18H2,1-2H3,(H,28,30);1H/t24-;/m1./s1. The molecule has 0 heterocycles. The van der Waals surface area contributed by atoms with Crippen molar-refractivity contribution in [2.24, 2.45) is 0 Å². The maximum atomic E-state index is 12.3. The number of carbonyl (C=O) groups is 1. The highest BCUT2D eigenvalue weighted by atomic mass is 35.5. The van der Waals surface area contributed by atoms with E-state index in [1.165, 1.54) is 0 Å². The molecule has 0 saturated heterocycles. The summed E-state index contributed by atoms with van der Waals surface area (Å²) in [5.74, 6) is 0.264. The van der Waals surface area contributed by atoms with Crippen LogP contribution in [0.25, 0.3) is 11.1 Å². The molecule has 3 N–H and O–H groups in total. The summed E-state index contributed by atoms with van der Waals surface area (Å²) in [5.41, 5.74) is 2.71. The molecule has 1 amide bonds. The number of hydrogen-bond donors (Lipinski definition) is 3. The van der Waals surface area contributed by atoms with E-state index in [-0.39, 0.29) is 18.0 Å². The quantitative estimate of drug-likeness (QED) is 0.304. The van der Waals surface area contributed by atoms with E-state index in [4.69, 9.17) is 9.47 Å². The van der Waals surface area contributed by atoms with E-state index in [0.29, 0.717) is 37.8 Å². The number of aliphatic hydroxyl groups excluding tert-OH is 1. The van der Waals surface area contributed by atoms with Crippen LogP contribution < -0.4 is 19.5 Å². The Kier molecular flexibility index (Phi) is 11.2. The first kappa shape index (κ1) is 29.1. The third kappa shape index (κ3) is 8.83. The van der Waals surface area contributed by atoms with Gasteiger partial charge in [-0.3, -0.25) is 4.79 Å². The summed E-state index contributed by atoms with van der Waals surface area (Å²) in [6.07, 6.45) is 0.355. The third-order valence-corrected chi connectivity index (χ3v) is 5.62. The van der Waals surface area contributed by atoms with Crippen LogP contribution in [0, 0.1) is 0 Å². The van der Waals surface area contributed by atoms with Gasteiger partial charge in [-0.25, -0.2) is 13.1 Å². The van der Waals surface area contributed by atoms with Crippen molar-refractivity contribution in [2.75, 3.05) is 32.6 Å². The number of sulfonamides is 1. The molecule has 194 valence electrons. The van der Waals surface area contributed by atoms with Crippen molar-refractivity contribution in [2.45, 2.75) is 13.0 Å². The van der Waals surface area contributed by atoms with E-state index in [0.717, 1.165) is 22.9 Å². The molecule has 0 saturated carbocycles. The van der Waals surface area contributed by atoms with Crippen LogP contribution in [-0.2, 0) is 10.0 Å². The van der Waals surface area contributed by atoms with Gasteiger partial charge >= 0.3 is 0 Å². The summed E-state index contributed by atoms with van der Waals surface area (Å²) in [6, 6.07) is 21.9. The molecule has 0 radical (unpaired) electrons. The van der Waals surface area contributed by atoms with Gasteiger partial charge in [0.1, 0.15) is 18.1 Å². The molecule has 0 aliphatic rings. The van der Waals surface area contributed by atoms with E-state index in [1.807, 2.05) is 59.3 Å². The van der Waals surface area contributed by atoms with E-state index in [9.17, 15) is 18.3 Å². The van der Waals surface area contributed by atoms with Crippen molar-refractivity contribution in [1.82, 2.24) is 10.0 Å². The second-order valence-corrected chi connectivity index (χ2v) is 9.60. The topological polar surface area (TPSA) is 114 Å². The largest absolute Gasteiger partial charge is 0.493 e. The third-order valence-electron chi connectivity index (χ3n) is 5.06. The van der Waals surface area contributed by atoms with E-state index >= 15 is 0 Å². The molecule has 0 aliphatic carbocycles. The molecule has 0 unspecified atom stereocenters. The normalized spacial score (nSPS) is 11.8. The number of aliphatic hydroxyl groups is 1. The zero-order valence-corrected chi connectivity index (χ0v) is 21.8. The molecule has 0 fully saturated rings. The summed E-state index contributed by atoms with van der Waals surface area (Å²) in [7, 11) is -3.68. The fourth-order valence-corrected chi connectivity index (χ4v) is 3.85. The van der Waals surface area contributed by atoms with Crippen LogP contribution >= 0.6 is 12.4 Å². The SMILES string of the molecule is CCOc1cc(-c2ccc(OCCNC[C@@H](O)c3ccccc3)cc2)ccc1C(=O)NS(C)(=O)=O.Cl. The predicted molar refractivity (Wildman–Crippen MR) is 142 cm³/mol. The van der Waals surface area contributed by atoms with Gasteiger partial charge in [0.05, 0.1) is 24.5 Å². The lowest BCUT2D eigenvalue weighted by atomic mass is 10.0. The number of halogens is 1. The summed E-state index contributed by atoms with van der Waals surface area (Å²) < 4.78 is 36.1. The molecule has 8 nitrogen and oxygen atoms in total. The second-order valence-electron chi connectivity index (χ2n) is 7.85. The average Bonchev–Trinajstić information content (AvgIpc) is 2.84. The second kappa shape index (κ2) is 13.8. The Balaban J connectivity index is 0.00000456. The Bertz CT molecular complexity index is 1220. The highest BCUT2D eigenvalue weighted by Gasteiger charge is 2.17. The molecule has 3 aromatic carbocycles. The lowest BCUT2D eigenvalue weighted by Gasteiger charge is -2.13. The van der Waals surface area contributed by atoms with E-state index in [1.54, 1.807) is 25.1 Å². The van der Waals surface area contributed by atoms with Crippen molar-refractivity contribution in [3.8, 4) is 22.6 Å². The summed E-state index contributed by atoms with van der Waals surface area (Å²) in [4.78, 5) is 12.3. The van der Waals surface area contributed by atoms with Crippen LogP contribution in [0.4, 0.5) is 0 Å². The van der Waals surface area contributed by atoms with Gasteiger partial charge in [-0.15, -0.1) is 12.4 Å². The van der Waals surface area contributed by atoms with Gasteiger partial charge in [-0.2, -0.15) is 0 Å². The predicted octanol–water partition coefficient (Wildman–Crippen LogP) is 3.57. The Morgan fingerprint density at radius 1 is 0.972 bits per heavy atom. The van der Waals surface area contributed by atoms with Gasteiger partial charge in [0.15, 0.2) is 0 Å². The maximum Gasteiger partial charge on any atom is 0.268 e. The molecule has 0 aromatic heterocycles. The average molecular weight is 535 g/mol. The molecular formula is C26H31ClN2O6S. The van der Waals surface area contributed by atoms with Crippen molar-refractivity contribution >= 4 is 28.3 Å². The first-order valence-electron chi connectivity index (χ1n) is 11.2. The van der Waals surface area contributed by atoms with Crippen LogP contribution in [0.3, 0.4) is 0 Å². The molecule has 0 spiro atoms. The fourth-order valence-electron chi connectivity index (χ4n) is 3.40. The Hall–Kier alpha value is -3.11. The highest BCUT2D eigenvalue weighted by Crippen LogP contribution is 2.29. The van der Waals surface area contributed by atoms with Crippen LogP contribution in [0.5, 0.6) is 11.5 Å². The number of benzene rings is 3. The first-order valence-corrected chi connectivity index (χ1v) is 13.1. The lowest BCUT2D eigenvalue weighted by Crippen LogP contribution is -2.29. The monoisotopic (exact) mass is 534 g/mol.